The Morgan fingerprint density at radius 1 is 1.10 bits per heavy atom. The van der Waals surface area contributed by atoms with E-state index < -0.39 is 11.6 Å². The van der Waals surface area contributed by atoms with Crippen molar-refractivity contribution in [3.8, 4) is 5.75 Å². The molecule has 0 aliphatic carbocycles. The van der Waals surface area contributed by atoms with E-state index in [2.05, 4.69) is 5.32 Å². The van der Waals surface area contributed by atoms with E-state index in [1.54, 1.807) is 0 Å². The molecule has 0 spiro atoms. The van der Waals surface area contributed by atoms with E-state index in [1.165, 1.54) is 12.1 Å². The Balaban J connectivity index is 2.15. The first-order valence-electron chi connectivity index (χ1n) is 7.01. The summed E-state index contributed by atoms with van der Waals surface area (Å²) >= 11 is 0. The van der Waals surface area contributed by atoms with Crippen LogP contribution in [0.1, 0.15) is 31.0 Å². The molecule has 2 aromatic carbocycles. The maximum absolute atomic E-state index is 13.6. The van der Waals surface area contributed by atoms with Gasteiger partial charge in [0.25, 0.3) is 0 Å². The molecule has 0 aliphatic heterocycles. The molecule has 0 saturated carbocycles. The molecule has 2 nitrogen and oxygen atoms in total. The fourth-order valence-corrected chi connectivity index (χ4v) is 2.20. The van der Waals surface area contributed by atoms with E-state index in [9.17, 15) is 8.78 Å². The molecular weight excluding hydrogens is 272 g/mol. The van der Waals surface area contributed by atoms with Gasteiger partial charge in [-0.2, -0.15) is 0 Å². The zero-order chi connectivity index (χ0) is 15.2. The Morgan fingerprint density at radius 2 is 1.86 bits per heavy atom. The molecule has 2 aromatic rings. The average molecular weight is 291 g/mol. The van der Waals surface area contributed by atoms with Gasteiger partial charge >= 0.3 is 0 Å². The van der Waals surface area contributed by atoms with E-state index in [-0.39, 0.29) is 18.2 Å². The summed E-state index contributed by atoms with van der Waals surface area (Å²) in [6, 6.07) is 11.8. The van der Waals surface area contributed by atoms with Crippen LogP contribution in [0.15, 0.2) is 42.5 Å². The van der Waals surface area contributed by atoms with Gasteiger partial charge in [0.15, 0.2) is 11.6 Å². The van der Waals surface area contributed by atoms with Crippen LogP contribution in [0, 0.1) is 11.6 Å². The van der Waals surface area contributed by atoms with Gasteiger partial charge in [-0.15, -0.1) is 0 Å². The second-order valence-electron chi connectivity index (χ2n) is 4.82. The van der Waals surface area contributed by atoms with Gasteiger partial charge in [0, 0.05) is 17.2 Å². The van der Waals surface area contributed by atoms with E-state index in [0.717, 1.165) is 18.2 Å². The van der Waals surface area contributed by atoms with Gasteiger partial charge in [-0.1, -0.05) is 37.3 Å². The number of nitrogens with one attached hydrogen (secondary N) is 1. The summed E-state index contributed by atoms with van der Waals surface area (Å²) in [4.78, 5) is 0. The summed E-state index contributed by atoms with van der Waals surface area (Å²) in [5.74, 6) is -1.03. The molecule has 0 saturated heterocycles. The van der Waals surface area contributed by atoms with Gasteiger partial charge in [-0.25, -0.2) is 8.78 Å². The lowest BCUT2D eigenvalue weighted by Gasteiger charge is -2.17. The van der Waals surface area contributed by atoms with Crippen molar-refractivity contribution in [1.82, 2.24) is 5.32 Å². The fraction of sp³-hybridized carbons (Fsp3) is 0.294. The molecule has 1 unspecified atom stereocenters. The van der Waals surface area contributed by atoms with Gasteiger partial charge in [0.2, 0.25) is 0 Å². The molecule has 0 aromatic heterocycles. The smallest absolute Gasteiger partial charge is 0.165 e. The van der Waals surface area contributed by atoms with Crippen molar-refractivity contribution in [3.05, 3.63) is 65.2 Å². The van der Waals surface area contributed by atoms with E-state index in [0.29, 0.717) is 5.75 Å². The van der Waals surface area contributed by atoms with E-state index >= 15 is 0 Å². The predicted octanol–water partition coefficient (Wildman–Crippen LogP) is 4.21. The minimum atomic E-state index is -0.856. The van der Waals surface area contributed by atoms with Crippen molar-refractivity contribution >= 4 is 0 Å². The Morgan fingerprint density at radius 3 is 2.62 bits per heavy atom. The molecule has 1 N–H and O–H groups in total. The van der Waals surface area contributed by atoms with Crippen LogP contribution in [0.2, 0.25) is 0 Å². The SMILES string of the molecule is CCNC(C)c1ccccc1OCc1cccc(F)c1F. The van der Waals surface area contributed by atoms with Crippen LogP contribution in [0.4, 0.5) is 8.78 Å². The third-order valence-corrected chi connectivity index (χ3v) is 3.31. The number of hydrogen-bond acceptors (Lipinski definition) is 2. The lowest BCUT2D eigenvalue weighted by Crippen LogP contribution is -2.18. The van der Waals surface area contributed by atoms with Crippen molar-refractivity contribution in [2.45, 2.75) is 26.5 Å². The Bertz CT molecular complexity index is 601. The number of benzene rings is 2. The maximum Gasteiger partial charge on any atom is 0.165 e. The molecule has 0 radical (unpaired) electrons. The Kier molecular flexibility index (Phi) is 5.28. The third-order valence-electron chi connectivity index (χ3n) is 3.31. The average Bonchev–Trinajstić information content (AvgIpc) is 2.49. The van der Waals surface area contributed by atoms with Crippen LogP contribution in [0.5, 0.6) is 5.75 Å². The first-order chi connectivity index (χ1) is 10.1. The molecule has 2 rings (SSSR count). The van der Waals surface area contributed by atoms with Crippen LogP contribution in [-0.4, -0.2) is 6.54 Å². The number of halogens is 2. The van der Waals surface area contributed by atoms with Crippen molar-refractivity contribution in [1.29, 1.82) is 0 Å². The highest BCUT2D eigenvalue weighted by Crippen LogP contribution is 2.26. The van der Waals surface area contributed by atoms with Gasteiger partial charge in [0.1, 0.15) is 12.4 Å². The lowest BCUT2D eigenvalue weighted by atomic mass is 10.1. The molecule has 0 heterocycles. The summed E-state index contributed by atoms with van der Waals surface area (Å²) in [5, 5.41) is 3.31. The molecule has 0 amide bonds. The number of hydrogen-bond donors (Lipinski definition) is 1. The van der Waals surface area contributed by atoms with Crippen molar-refractivity contribution < 1.29 is 13.5 Å². The van der Waals surface area contributed by atoms with Gasteiger partial charge < -0.3 is 10.1 Å². The molecule has 21 heavy (non-hydrogen) atoms. The first-order valence-corrected chi connectivity index (χ1v) is 7.01. The molecule has 0 bridgehead atoms. The standard InChI is InChI=1S/C17H19F2NO/c1-3-20-12(2)14-8-4-5-10-16(14)21-11-13-7-6-9-15(18)17(13)19/h4-10,12,20H,3,11H2,1-2H3. The van der Waals surface area contributed by atoms with Gasteiger partial charge in [0.05, 0.1) is 0 Å². The van der Waals surface area contributed by atoms with Crippen molar-refractivity contribution in [2.24, 2.45) is 0 Å². The number of rotatable bonds is 6. The normalized spacial score (nSPS) is 12.2. The van der Waals surface area contributed by atoms with Crippen LogP contribution < -0.4 is 10.1 Å². The minimum Gasteiger partial charge on any atom is -0.488 e. The first kappa shape index (κ1) is 15.4. The Labute approximate surface area is 123 Å². The number of ether oxygens (including phenoxy) is 1. The molecule has 0 fully saturated rings. The number of para-hydroxylation sites is 1. The van der Waals surface area contributed by atoms with Crippen LogP contribution in [0.25, 0.3) is 0 Å². The quantitative estimate of drug-likeness (QED) is 0.860. The molecule has 0 aliphatic rings. The fourth-order valence-electron chi connectivity index (χ4n) is 2.20. The largest absolute Gasteiger partial charge is 0.488 e. The summed E-state index contributed by atoms with van der Waals surface area (Å²) < 4.78 is 32.5. The highest BCUT2D eigenvalue weighted by molar-refractivity contribution is 5.36. The van der Waals surface area contributed by atoms with Crippen LogP contribution >= 0.6 is 0 Å². The molecule has 1 atom stereocenters. The summed E-state index contributed by atoms with van der Waals surface area (Å²) in [6.45, 7) is 4.91. The van der Waals surface area contributed by atoms with E-state index in [1.807, 2.05) is 38.1 Å². The highest BCUT2D eigenvalue weighted by atomic mass is 19.2. The zero-order valence-corrected chi connectivity index (χ0v) is 12.2. The van der Waals surface area contributed by atoms with Crippen molar-refractivity contribution in [3.63, 3.8) is 0 Å². The third kappa shape index (κ3) is 3.79. The zero-order valence-electron chi connectivity index (χ0n) is 12.2. The predicted molar refractivity (Wildman–Crippen MR) is 79.2 cm³/mol. The lowest BCUT2D eigenvalue weighted by molar-refractivity contribution is 0.291. The minimum absolute atomic E-state index is 0.000544. The van der Waals surface area contributed by atoms with Gasteiger partial charge in [-0.3, -0.25) is 0 Å². The van der Waals surface area contributed by atoms with Gasteiger partial charge in [-0.05, 0) is 25.6 Å². The summed E-state index contributed by atoms with van der Waals surface area (Å²) in [7, 11) is 0. The monoisotopic (exact) mass is 291 g/mol. The maximum atomic E-state index is 13.6. The molecular formula is C17H19F2NO. The van der Waals surface area contributed by atoms with Crippen molar-refractivity contribution in [2.75, 3.05) is 6.54 Å². The molecule has 4 heteroatoms. The highest BCUT2D eigenvalue weighted by Gasteiger charge is 2.12. The molecule has 112 valence electrons. The van der Waals surface area contributed by atoms with Crippen LogP contribution in [-0.2, 0) is 6.61 Å². The second-order valence-corrected chi connectivity index (χ2v) is 4.82. The topological polar surface area (TPSA) is 21.3 Å². The summed E-state index contributed by atoms with van der Waals surface area (Å²) in [5.41, 5.74) is 1.21. The second kappa shape index (κ2) is 7.18. The van der Waals surface area contributed by atoms with E-state index in [4.69, 9.17) is 4.74 Å². The Hall–Kier alpha value is -1.94. The summed E-state index contributed by atoms with van der Waals surface area (Å²) in [6.07, 6.45) is 0. The van der Waals surface area contributed by atoms with Crippen LogP contribution in [0.3, 0.4) is 0 Å².